The molecule has 1 spiro atoms. The summed E-state index contributed by atoms with van der Waals surface area (Å²) in [5.41, 5.74) is 9.12. The normalized spacial score (nSPS) is 23.4. The quantitative estimate of drug-likeness (QED) is 0.339. The summed E-state index contributed by atoms with van der Waals surface area (Å²) < 4.78 is 20.2. The van der Waals surface area contributed by atoms with Gasteiger partial charge < -0.3 is 34.9 Å². The van der Waals surface area contributed by atoms with Crippen molar-refractivity contribution in [3.63, 3.8) is 0 Å². The zero-order chi connectivity index (χ0) is 26.1. The first-order valence-electron chi connectivity index (χ1n) is 12.7. The van der Waals surface area contributed by atoms with Crippen LogP contribution in [0.1, 0.15) is 31.7 Å². The molecule has 38 heavy (non-hydrogen) atoms. The van der Waals surface area contributed by atoms with Crippen LogP contribution in [-0.2, 0) is 9.47 Å². The number of nitrogens with one attached hydrogen (secondary N) is 1. The van der Waals surface area contributed by atoms with Gasteiger partial charge in [0.2, 0.25) is 0 Å². The van der Waals surface area contributed by atoms with Gasteiger partial charge in [-0.25, -0.2) is 14.8 Å². The molecule has 3 heterocycles. The second-order valence-electron chi connectivity index (χ2n) is 9.76. The Labute approximate surface area is 219 Å². The molecule has 4 N–H and O–H groups in total. The lowest BCUT2D eigenvalue weighted by molar-refractivity contribution is -0.288. The molecular formula is C28H29N5O5. The van der Waals surface area contributed by atoms with E-state index in [1.807, 2.05) is 54.6 Å². The van der Waals surface area contributed by atoms with E-state index in [1.165, 1.54) is 6.33 Å². The highest BCUT2D eigenvalue weighted by atomic mass is 16.7. The van der Waals surface area contributed by atoms with Crippen molar-refractivity contribution in [2.75, 3.05) is 18.9 Å². The van der Waals surface area contributed by atoms with Crippen molar-refractivity contribution in [2.45, 2.75) is 43.6 Å². The topological polar surface area (TPSA) is 134 Å². The summed E-state index contributed by atoms with van der Waals surface area (Å²) in [7, 11) is 0. The fourth-order valence-corrected chi connectivity index (χ4v) is 5.39. The van der Waals surface area contributed by atoms with Crippen LogP contribution in [0.15, 0.2) is 67.1 Å². The summed E-state index contributed by atoms with van der Waals surface area (Å²) >= 11 is 0. The summed E-state index contributed by atoms with van der Waals surface area (Å²) in [6.45, 7) is 0.614. The molecule has 0 bridgehead atoms. The van der Waals surface area contributed by atoms with Gasteiger partial charge in [-0.2, -0.15) is 0 Å². The van der Waals surface area contributed by atoms with E-state index >= 15 is 0 Å². The predicted molar refractivity (Wildman–Crippen MR) is 141 cm³/mol. The Balaban J connectivity index is 1.22. The van der Waals surface area contributed by atoms with Crippen LogP contribution in [0.2, 0.25) is 0 Å². The lowest BCUT2D eigenvalue weighted by atomic mass is 9.89. The van der Waals surface area contributed by atoms with Crippen molar-refractivity contribution >= 4 is 22.9 Å². The van der Waals surface area contributed by atoms with Gasteiger partial charge >= 0.3 is 6.09 Å². The maximum Gasteiger partial charge on any atom is 0.405 e. The second-order valence-corrected chi connectivity index (χ2v) is 9.76. The Hall–Kier alpha value is -4.15. The van der Waals surface area contributed by atoms with Crippen molar-refractivity contribution in [2.24, 2.45) is 0 Å². The van der Waals surface area contributed by atoms with Gasteiger partial charge in [-0.05, 0) is 42.7 Å². The summed E-state index contributed by atoms with van der Waals surface area (Å²) in [5.74, 6) is 1.31. The van der Waals surface area contributed by atoms with Gasteiger partial charge in [-0.15, -0.1) is 0 Å². The molecular weight excluding hydrogens is 486 g/mol. The molecule has 1 aliphatic carbocycles. The SMILES string of the molecule is Nc1ncnc2c1c(-c1ccc(Oc3ccccc3)cc1)cn2C1CCC2(CC1)OCC(NC(=O)O)CO2. The van der Waals surface area contributed by atoms with E-state index in [-0.39, 0.29) is 12.1 Å². The fraction of sp³-hybridized carbons (Fsp3) is 0.321. The van der Waals surface area contributed by atoms with E-state index in [9.17, 15) is 4.79 Å². The second kappa shape index (κ2) is 9.96. The summed E-state index contributed by atoms with van der Waals surface area (Å²) in [6, 6.07) is 17.4. The van der Waals surface area contributed by atoms with Gasteiger partial charge in [0.25, 0.3) is 0 Å². The Kier molecular flexibility index (Phi) is 6.34. The van der Waals surface area contributed by atoms with Crippen molar-refractivity contribution in [3.8, 4) is 22.6 Å². The highest BCUT2D eigenvalue weighted by molar-refractivity contribution is 6.00. The van der Waals surface area contributed by atoms with E-state index in [1.54, 1.807) is 0 Å². The number of hydrogen-bond donors (Lipinski definition) is 3. The van der Waals surface area contributed by atoms with Crippen LogP contribution in [0, 0.1) is 0 Å². The van der Waals surface area contributed by atoms with Crippen LogP contribution in [-0.4, -0.2) is 50.8 Å². The fourth-order valence-electron chi connectivity index (χ4n) is 5.39. The van der Waals surface area contributed by atoms with Gasteiger partial charge in [0, 0.05) is 30.6 Å². The number of rotatable bonds is 5. The van der Waals surface area contributed by atoms with Crippen molar-refractivity contribution in [3.05, 3.63) is 67.1 Å². The first-order valence-corrected chi connectivity index (χ1v) is 12.7. The molecule has 1 aliphatic heterocycles. The van der Waals surface area contributed by atoms with E-state index in [2.05, 4.69) is 26.0 Å². The average Bonchev–Trinajstić information content (AvgIpc) is 3.32. The number of amides is 1. The number of nitrogens with two attached hydrogens (primary N) is 1. The van der Waals surface area contributed by atoms with Gasteiger partial charge in [0.15, 0.2) is 5.79 Å². The molecule has 196 valence electrons. The van der Waals surface area contributed by atoms with Crippen molar-refractivity contribution in [1.29, 1.82) is 0 Å². The van der Waals surface area contributed by atoms with Gasteiger partial charge in [-0.1, -0.05) is 30.3 Å². The number of ether oxygens (including phenoxy) is 3. The third kappa shape index (κ3) is 4.75. The van der Waals surface area contributed by atoms with Crippen LogP contribution >= 0.6 is 0 Å². The lowest BCUT2D eigenvalue weighted by Crippen LogP contribution is -2.53. The third-order valence-corrected chi connectivity index (χ3v) is 7.32. The Morgan fingerprint density at radius 3 is 2.39 bits per heavy atom. The molecule has 2 aromatic heterocycles. The van der Waals surface area contributed by atoms with Crippen molar-refractivity contribution < 1.29 is 24.1 Å². The number of aromatic nitrogens is 3. The smallest absolute Gasteiger partial charge is 0.405 e. The highest BCUT2D eigenvalue weighted by Gasteiger charge is 2.42. The Morgan fingerprint density at radius 2 is 1.71 bits per heavy atom. The summed E-state index contributed by atoms with van der Waals surface area (Å²) in [4.78, 5) is 19.8. The number of anilines is 1. The standard InChI is InChI=1S/C28H29N5O5/c29-25-24-23(18-6-8-22(9-7-18)38-21-4-2-1-3-5-21)14-33(26(24)31-17-30-25)20-10-12-28(13-11-20)36-15-19(16-37-28)32-27(34)35/h1-9,14,17,19-20,32H,10-13,15-16H2,(H,34,35)(H2,29,30,31). The molecule has 0 atom stereocenters. The molecule has 10 heteroatoms. The molecule has 4 aromatic rings. The predicted octanol–water partition coefficient (Wildman–Crippen LogP) is 4.97. The Morgan fingerprint density at radius 1 is 1.03 bits per heavy atom. The van der Waals surface area contributed by atoms with E-state index in [4.69, 9.17) is 25.1 Å². The first-order chi connectivity index (χ1) is 18.5. The number of nitrogen functional groups attached to an aromatic ring is 1. The zero-order valence-electron chi connectivity index (χ0n) is 20.7. The molecule has 0 radical (unpaired) electrons. The third-order valence-electron chi connectivity index (χ3n) is 7.32. The number of hydrogen-bond acceptors (Lipinski definition) is 7. The zero-order valence-corrected chi connectivity index (χ0v) is 20.7. The van der Waals surface area contributed by atoms with Crippen LogP contribution in [0.5, 0.6) is 11.5 Å². The molecule has 1 saturated heterocycles. The van der Waals surface area contributed by atoms with Crippen LogP contribution in [0.25, 0.3) is 22.2 Å². The number of nitrogens with zero attached hydrogens (tertiary/aromatic N) is 3. The summed E-state index contributed by atoms with van der Waals surface area (Å²) in [5, 5.41) is 12.2. The monoisotopic (exact) mass is 515 g/mol. The van der Waals surface area contributed by atoms with Gasteiger partial charge in [-0.3, -0.25) is 0 Å². The molecule has 10 nitrogen and oxygen atoms in total. The number of fused-ring (bicyclic) bond motifs is 1. The van der Waals surface area contributed by atoms with Crippen molar-refractivity contribution in [1.82, 2.24) is 19.9 Å². The Bertz CT molecular complexity index is 1420. The maximum absolute atomic E-state index is 10.9. The van der Waals surface area contributed by atoms with Crippen LogP contribution in [0.4, 0.5) is 10.6 Å². The number of para-hydroxylation sites is 1. The minimum absolute atomic E-state index is 0.189. The lowest BCUT2D eigenvalue weighted by Gasteiger charge is -2.44. The van der Waals surface area contributed by atoms with E-state index in [0.29, 0.717) is 31.9 Å². The molecule has 1 amide bonds. The number of carbonyl (C=O) groups is 1. The summed E-state index contributed by atoms with van der Waals surface area (Å²) in [6.07, 6.45) is 5.61. The largest absolute Gasteiger partial charge is 0.465 e. The van der Waals surface area contributed by atoms with E-state index in [0.717, 1.165) is 46.5 Å². The molecule has 2 fully saturated rings. The van der Waals surface area contributed by atoms with E-state index < -0.39 is 11.9 Å². The number of benzene rings is 2. The average molecular weight is 516 g/mol. The molecule has 0 unspecified atom stereocenters. The molecule has 6 rings (SSSR count). The molecule has 1 saturated carbocycles. The minimum atomic E-state index is -1.07. The highest BCUT2D eigenvalue weighted by Crippen LogP contribution is 2.43. The molecule has 2 aromatic carbocycles. The first kappa shape index (κ1) is 24.2. The van der Waals surface area contributed by atoms with Gasteiger partial charge in [0.05, 0.1) is 24.6 Å². The van der Waals surface area contributed by atoms with Crippen LogP contribution in [0.3, 0.4) is 0 Å². The van der Waals surface area contributed by atoms with Crippen LogP contribution < -0.4 is 15.8 Å². The minimum Gasteiger partial charge on any atom is -0.465 e. The molecule has 2 aliphatic rings. The maximum atomic E-state index is 10.9. The number of carboxylic acid groups (broad SMARTS) is 1. The van der Waals surface area contributed by atoms with Gasteiger partial charge in [0.1, 0.15) is 29.3 Å².